The number of nitrogens with zero attached hydrogens (tertiary/aromatic N) is 5. The summed E-state index contributed by atoms with van der Waals surface area (Å²) in [5.74, 6) is -0.104. The average molecular weight is 371 g/mol. The van der Waals surface area contributed by atoms with Crippen molar-refractivity contribution in [3.05, 3.63) is 57.3 Å². The first-order chi connectivity index (χ1) is 12.9. The maximum Gasteiger partial charge on any atom is 0.390 e. The van der Waals surface area contributed by atoms with E-state index in [1.54, 1.807) is 6.92 Å². The van der Waals surface area contributed by atoms with Crippen LogP contribution in [0.1, 0.15) is 23.2 Å². The van der Waals surface area contributed by atoms with Gasteiger partial charge in [-0.25, -0.2) is 0 Å². The van der Waals surface area contributed by atoms with Crippen LogP contribution in [0.4, 0.5) is 5.82 Å². The minimum atomic E-state index is -0.515. The standard InChI is InChI=1S/C19H25N5O3/c1-15-4-3-5-17(12-15)14-21-8-10-22(11-9-21)19(25)6-7-23-16(2)13-18(20-23)24(26)27/h3-5,12-13H,6-11,14H2,1-2H3. The second-order valence-corrected chi connectivity index (χ2v) is 7.02. The van der Waals surface area contributed by atoms with Crippen molar-refractivity contribution in [1.29, 1.82) is 0 Å². The molecule has 2 heterocycles. The molecule has 2 aromatic rings. The molecular formula is C19H25N5O3. The van der Waals surface area contributed by atoms with E-state index in [0.717, 1.165) is 19.6 Å². The van der Waals surface area contributed by atoms with E-state index in [9.17, 15) is 14.9 Å². The molecule has 8 nitrogen and oxygen atoms in total. The molecule has 0 bridgehead atoms. The fraction of sp³-hybridized carbons (Fsp3) is 0.474. The molecule has 1 amide bonds. The van der Waals surface area contributed by atoms with Crippen LogP contribution in [-0.4, -0.2) is 56.6 Å². The largest absolute Gasteiger partial charge is 0.390 e. The monoisotopic (exact) mass is 371 g/mol. The number of aromatic nitrogens is 2. The molecule has 3 rings (SSSR count). The number of hydrogen-bond donors (Lipinski definition) is 0. The predicted octanol–water partition coefficient (Wildman–Crippen LogP) is 2.14. The molecule has 27 heavy (non-hydrogen) atoms. The Labute approximate surface area is 158 Å². The Balaban J connectivity index is 1.46. The maximum atomic E-state index is 12.5. The molecule has 0 unspecified atom stereocenters. The number of piperazine rings is 1. The Morgan fingerprint density at radius 3 is 2.56 bits per heavy atom. The number of carbonyl (C=O) groups excluding carboxylic acids is 1. The van der Waals surface area contributed by atoms with Gasteiger partial charge in [0, 0.05) is 39.1 Å². The summed E-state index contributed by atoms with van der Waals surface area (Å²) in [5.41, 5.74) is 3.25. The van der Waals surface area contributed by atoms with Crippen LogP contribution in [0.5, 0.6) is 0 Å². The summed E-state index contributed by atoms with van der Waals surface area (Å²) in [5, 5.41) is 14.7. The van der Waals surface area contributed by atoms with Crippen LogP contribution in [0.15, 0.2) is 30.3 Å². The highest BCUT2D eigenvalue weighted by molar-refractivity contribution is 5.76. The fourth-order valence-electron chi connectivity index (χ4n) is 3.39. The smallest absolute Gasteiger partial charge is 0.358 e. The number of carbonyl (C=O) groups is 1. The summed E-state index contributed by atoms with van der Waals surface area (Å²) in [6.07, 6.45) is 0.303. The average Bonchev–Trinajstić information content (AvgIpc) is 3.01. The van der Waals surface area contributed by atoms with Gasteiger partial charge in [0.05, 0.1) is 23.4 Å². The fourth-order valence-corrected chi connectivity index (χ4v) is 3.39. The van der Waals surface area contributed by atoms with E-state index in [0.29, 0.717) is 31.7 Å². The molecule has 1 aliphatic rings. The summed E-state index contributed by atoms with van der Waals surface area (Å²) in [6.45, 7) is 8.25. The zero-order chi connectivity index (χ0) is 19.4. The molecule has 1 saturated heterocycles. The van der Waals surface area contributed by atoms with Crippen molar-refractivity contribution in [2.45, 2.75) is 33.4 Å². The van der Waals surface area contributed by atoms with E-state index >= 15 is 0 Å². The summed E-state index contributed by atoms with van der Waals surface area (Å²) in [7, 11) is 0. The topological polar surface area (TPSA) is 84.5 Å². The lowest BCUT2D eigenvalue weighted by atomic mass is 10.1. The van der Waals surface area contributed by atoms with Crippen LogP contribution >= 0.6 is 0 Å². The Hall–Kier alpha value is -2.74. The number of aryl methyl sites for hydroxylation is 3. The normalized spacial score (nSPS) is 15.1. The lowest BCUT2D eigenvalue weighted by molar-refractivity contribution is -0.389. The van der Waals surface area contributed by atoms with Gasteiger partial charge in [0.1, 0.15) is 0 Å². The lowest BCUT2D eigenvalue weighted by Crippen LogP contribution is -2.48. The molecule has 144 valence electrons. The second-order valence-electron chi connectivity index (χ2n) is 7.02. The minimum absolute atomic E-state index is 0.0720. The highest BCUT2D eigenvalue weighted by atomic mass is 16.6. The van der Waals surface area contributed by atoms with Gasteiger partial charge in [-0.15, -0.1) is 0 Å². The van der Waals surface area contributed by atoms with Crippen LogP contribution < -0.4 is 0 Å². The summed E-state index contributed by atoms with van der Waals surface area (Å²) in [4.78, 5) is 27.0. The van der Waals surface area contributed by atoms with Gasteiger partial charge >= 0.3 is 5.82 Å². The van der Waals surface area contributed by atoms with Crippen molar-refractivity contribution in [1.82, 2.24) is 19.6 Å². The Kier molecular flexibility index (Phi) is 5.85. The molecule has 0 spiro atoms. The molecule has 1 fully saturated rings. The molecule has 1 aromatic heterocycles. The Bertz CT molecular complexity index is 825. The van der Waals surface area contributed by atoms with E-state index in [-0.39, 0.29) is 11.7 Å². The SMILES string of the molecule is Cc1cccc(CN2CCN(C(=O)CCn3nc([N+](=O)[O-])cc3C)CC2)c1. The van der Waals surface area contributed by atoms with Gasteiger partial charge in [0.25, 0.3) is 0 Å². The van der Waals surface area contributed by atoms with Crippen molar-refractivity contribution >= 4 is 11.7 Å². The third kappa shape index (κ3) is 4.91. The van der Waals surface area contributed by atoms with E-state index in [2.05, 4.69) is 41.2 Å². The molecule has 1 aromatic carbocycles. The molecule has 1 aliphatic heterocycles. The van der Waals surface area contributed by atoms with Gasteiger partial charge in [0.2, 0.25) is 5.91 Å². The predicted molar refractivity (Wildman–Crippen MR) is 101 cm³/mol. The van der Waals surface area contributed by atoms with Gasteiger partial charge in [0.15, 0.2) is 0 Å². The lowest BCUT2D eigenvalue weighted by Gasteiger charge is -2.34. The van der Waals surface area contributed by atoms with E-state index in [1.807, 2.05) is 4.90 Å². The highest BCUT2D eigenvalue weighted by Crippen LogP contribution is 2.13. The van der Waals surface area contributed by atoms with Gasteiger partial charge in [-0.2, -0.15) is 4.68 Å². The number of rotatable bonds is 6. The van der Waals surface area contributed by atoms with Gasteiger partial charge in [-0.1, -0.05) is 29.8 Å². The van der Waals surface area contributed by atoms with E-state index < -0.39 is 4.92 Å². The maximum absolute atomic E-state index is 12.5. The highest BCUT2D eigenvalue weighted by Gasteiger charge is 2.22. The first-order valence-corrected chi connectivity index (χ1v) is 9.17. The van der Waals surface area contributed by atoms with Crippen LogP contribution in [0.3, 0.4) is 0 Å². The molecule has 0 N–H and O–H groups in total. The number of benzene rings is 1. The van der Waals surface area contributed by atoms with Gasteiger partial charge in [-0.05, 0) is 24.3 Å². The number of nitro groups is 1. The van der Waals surface area contributed by atoms with E-state index in [1.165, 1.54) is 21.9 Å². The third-order valence-electron chi connectivity index (χ3n) is 4.91. The zero-order valence-corrected chi connectivity index (χ0v) is 15.8. The van der Waals surface area contributed by atoms with Crippen LogP contribution in [0.2, 0.25) is 0 Å². The van der Waals surface area contributed by atoms with Crippen molar-refractivity contribution in [2.75, 3.05) is 26.2 Å². The molecule has 0 aliphatic carbocycles. The van der Waals surface area contributed by atoms with Gasteiger partial charge in [-0.3, -0.25) is 9.69 Å². The second kappa shape index (κ2) is 8.30. The number of hydrogen-bond acceptors (Lipinski definition) is 5. The van der Waals surface area contributed by atoms with Crippen LogP contribution in [0.25, 0.3) is 0 Å². The first kappa shape index (κ1) is 19.0. The Morgan fingerprint density at radius 1 is 1.19 bits per heavy atom. The molecule has 8 heteroatoms. The van der Waals surface area contributed by atoms with Crippen LogP contribution in [0, 0.1) is 24.0 Å². The van der Waals surface area contributed by atoms with Crippen LogP contribution in [-0.2, 0) is 17.9 Å². The van der Waals surface area contributed by atoms with Gasteiger partial charge < -0.3 is 15.0 Å². The summed E-state index contributed by atoms with van der Waals surface area (Å²) >= 11 is 0. The van der Waals surface area contributed by atoms with E-state index in [4.69, 9.17) is 0 Å². The minimum Gasteiger partial charge on any atom is -0.358 e. The quantitative estimate of drug-likeness (QED) is 0.574. The summed E-state index contributed by atoms with van der Waals surface area (Å²) in [6, 6.07) is 9.93. The van der Waals surface area contributed by atoms with Crippen molar-refractivity contribution < 1.29 is 9.72 Å². The third-order valence-corrected chi connectivity index (χ3v) is 4.91. The zero-order valence-electron chi connectivity index (χ0n) is 15.8. The molecule has 0 radical (unpaired) electrons. The molecule has 0 saturated carbocycles. The summed E-state index contributed by atoms with van der Waals surface area (Å²) < 4.78 is 1.53. The van der Waals surface area contributed by atoms with Crippen molar-refractivity contribution in [2.24, 2.45) is 0 Å². The molecule has 0 atom stereocenters. The molecular weight excluding hydrogens is 346 g/mol. The Morgan fingerprint density at radius 2 is 1.93 bits per heavy atom. The first-order valence-electron chi connectivity index (χ1n) is 9.17. The van der Waals surface area contributed by atoms with Crippen molar-refractivity contribution in [3.63, 3.8) is 0 Å². The van der Waals surface area contributed by atoms with Crippen molar-refractivity contribution in [3.8, 4) is 0 Å². The number of amides is 1.